The van der Waals surface area contributed by atoms with Gasteiger partial charge in [0.1, 0.15) is 5.69 Å². The molecule has 0 unspecified atom stereocenters. The van der Waals surface area contributed by atoms with Crippen molar-refractivity contribution >= 4 is 11.4 Å². The van der Waals surface area contributed by atoms with Gasteiger partial charge in [-0.2, -0.15) is 0 Å². The number of nitrogens with zero attached hydrogens (tertiary/aromatic N) is 1. The highest BCUT2D eigenvalue weighted by Crippen LogP contribution is 2.29. The van der Waals surface area contributed by atoms with Crippen molar-refractivity contribution in [3.8, 4) is 0 Å². The van der Waals surface area contributed by atoms with E-state index in [4.69, 9.17) is 18.1 Å². The van der Waals surface area contributed by atoms with Crippen LogP contribution in [0.5, 0.6) is 0 Å². The lowest BCUT2D eigenvalue weighted by Crippen LogP contribution is -2.11. The smallest absolute Gasteiger partial charge is 0.292 e. The van der Waals surface area contributed by atoms with Gasteiger partial charge in [-0.05, 0) is 17.0 Å². The molecule has 0 aromatic heterocycles. The third-order valence-electron chi connectivity index (χ3n) is 1.66. The minimum Gasteiger partial charge on any atom is -0.393 e. The number of nitro groups is 1. The quantitative estimate of drug-likeness (QED) is 0.433. The van der Waals surface area contributed by atoms with Gasteiger partial charge in [0.05, 0.1) is 4.92 Å². The molecule has 76 valence electrons. The molecule has 0 saturated carbocycles. The third-order valence-corrected chi connectivity index (χ3v) is 1.66. The minimum absolute atomic E-state index is 0.339. The number of hydrogen-bond donors (Lipinski definition) is 1. The molecule has 1 aromatic carbocycles. The first kappa shape index (κ1) is 3.53. The Balaban J connectivity index is 3.94. The Hall–Kier alpha value is -1.58. The topological polar surface area (TPSA) is 69.2 Å². The molecular weight excluding hydrogens is 180 g/mol. The summed E-state index contributed by atoms with van der Waals surface area (Å²) in [6, 6.07) is 2.40. The van der Waals surface area contributed by atoms with E-state index in [-0.39, 0.29) is 5.69 Å². The molecule has 4 heteroatoms. The number of hydrogen-bond acceptors (Lipinski definition) is 3. The second-order valence-corrected chi connectivity index (χ2v) is 2.78. The second-order valence-electron chi connectivity index (χ2n) is 2.78. The predicted molar refractivity (Wildman–Crippen MR) is 56.2 cm³/mol. The first-order valence-electron chi connectivity index (χ1n) is 8.12. The summed E-state index contributed by atoms with van der Waals surface area (Å²) < 4.78 is 67.8. The van der Waals surface area contributed by atoms with Gasteiger partial charge in [-0.1, -0.05) is 26.6 Å². The average Bonchev–Trinajstić information content (AvgIpc) is 2.25. The zero-order valence-electron chi connectivity index (χ0n) is 16.1. The van der Waals surface area contributed by atoms with E-state index in [1.54, 1.807) is 0 Å². The molecule has 4 nitrogen and oxygen atoms in total. The summed E-state index contributed by atoms with van der Waals surface area (Å²) in [5.41, 5.74) is 0.303. The third kappa shape index (κ3) is 2.02. The fourth-order valence-electron chi connectivity index (χ4n) is 0.935. The van der Waals surface area contributed by atoms with Gasteiger partial charge >= 0.3 is 0 Å². The van der Waals surface area contributed by atoms with Crippen LogP contribution >= 0.6 is 0 Å². The zero-order valence-corrected chi connectivity index (χ0v) is 7.07. The van der Waals surface area contributed by atoms with Gasteiger partial charge < -0.3 is 5.73 Å². The number of nitro benzene ring substituents is 1. The molecule has 0 amide bonds. The van der Waals surface area contributed by atoms with Gasteiger partial charge in [0.25, 0.3) is 5.69 Å². The second kappa shape index (κ2) is 3.29. The van der Waals surface area contributed by atoms with Crippen molar-refractivity contribution in [1.82, 2.24) is 0 Å². The van der Waals surface area contributed by atoms with E-state index >= 15 is 0 Å². The maximum absolute atomic E-state index is 11.0. The number of nitrogens with two attached hydrogens (primary N) is 1. The minimum atomic E-state index is -3.48. The van der Waals surface area contributed by atoms with Gasteiger partial charge in [0, 0.05) is 18.4 Å². The molecule has 0 atom stereocenters. The zero-order chi connectivity index (χ0) is 18.4. The monoisotopic (exact) mass is 203 g/mol. The first-order valence-corrected chi connectivity index (χ1v) is 3.62. The van der Waals surface area contributed by atoms with E-state index in [0.717, 1.165) is 12.1 Å². The lowest BCUT2D eigenvalue weighted by Gasteiger charge is -2.18. The standard InChI is InChI=1S/C10H14N2O2/c1-10(2,3)7-4-5-8(11)9(6-7)12(13)14/h4-6H,11H2,1-3H3/i1D3,2D3,3D3. The van der Waals surface area contributed by atoms with Crippen LogP contribution in [0.15, 0.2) is 18.2 Å². The number of anilines is 1. The van der Waals surface area contributed by atoms with E-state index in [1.165, 1.54) is 0 Å². The molecule has 1 rings (SSSR count). The van der Waals surface area contributed by atoms with Crippen LogP contribution in [-0.2, 0) is 5.41 Å². The van der Waals surface area contributed by atoms with E-state index in [1.807, 2.05) is 0 Å². The van der Waals surface area contributed by atoms with Gasteiger partial charge in [0.15, 0.2) is 0 Å². The molecule has 0 heterocycles. The Labute approximate surface area is 95.5 Å². The molecule has 0 bridgehead atoms. The molecule has 0 aliphatic heterocycles. The lowest BCUT2D eigenvalue weighted by atomic mass is 9.87. The number of benzene rings is 1. The molecule has 0 radical (unpaired) electrons. The van der Waals surface area contributed by atoms with E-state index < -0.39 is 42.1 Å². The van der Waals surface area contributed by atoms with Crippen LogP contribution in [0, 0.1) is 10.1 Å². The van der Waals surface area contributed by atoms with Crippen LogP contribution in [0.3, 0.4) is 0 Å². The number of rotatable bonds is 1. The lowest BCUT2D eigenvalue weighted by molar-refractivity contribution is -0.384. The summed E-state index contributed by atoms with van der Waals surface area (Å²) >= 11 is 0. The molecule has 2 N–H and O–H groups in total. The van der Waals surface area contributed by atoms with E-state index in [0.29, 0.717) is 6.07 Å². The average molecular weight is 203 g/mol. The highest BCUT2D eigenvalue weighted by atomic mass is 16.6. The highest BCUT2D eigenvalue weighted by molar-refractivity contribution is 5.59. The molecule has 1 aromatic rings. The predicted octanol–water partition coefficient (Wildman–Crippen LogP) is 2.47. The summed E-state index contributed by atoms with van der Waals surface area (Å²) in [5.74, 6) is 0. The maximum atomic E-state index is 11.0. The highest BCUT2D eigenvalue weighted by Gasteiger charge is 2.19. The first-order chi connectivity index (χ1) is 10.1. The summed E-state index contributed by atoms with van der Waals surface area (Å²) in [4.78, 5) is 10.0. The fourth-order valence-corrected chi connectivity index (χ4v) is 0.935. The Kier molecular flexibility index (Phi) is 0.829. The molecule has 0 aliphatic carbocycles. The van der Waals surface area contributed by atoms with Crippen molar-refractivity contribution in [2.24, 2.45) is 0 Å². The summed E-state index contributed by atoms with van der Waals surface area (Å²) in [6.45, 7) is -10.4. The molecular formula is C10H14N2O2. The van der Waals surface area contributed by atoms with Crippen molar-refractivity contribution in [3.63, 3.8) is 0 Å². The summed E-state index contributed by atoms with van der Waals surface area (Å²) in [7, 11) is 0. The van der Waals surface area contributed by atoms with Gasteiger partial charge in [-0.3, -0.25) is 10.1 Å². The summed E-state index contributed by atoms with van der Waals surface area (Å²) in [5, 5.41) is 11.0. The largest absolute Gasteiger partial charge is 0.393 e. The van der Waals surface area contributed by atoms with Crippen LogP contribution in [0.1, 0.15) is 38.5 Å². The Morgan fingerprint density at radius 2 is 2.14 bits per heavy atom. The van der Waals surface area contributed by atoms with Gasteiger partial charge in [-0.25, -0.2) is 0 Å². The van der Waals surface area contributed by atoms with Crippen LogP contribution in [0.4, 0.5) is 11.4 Å². The van der Waals surface area contributed by atoms with Gasteiger partial charge in [-0.15, -0.1) is 0 Å². The SMILES string of the molecule is [2H]C([2H])([2H])C(c1ccc(N)c([N+](=O)[O-])c1)(C([2H])([2H])[2H])C([2H])([2H])[2H]. The molecule has 14 heavy (non-hydrogen) atoms. The van der Waals surface area contributed by atoms with E-state index in [2.05, 4.69) is 0 Å². The van der Waals surface area contributed by atoms with Crippen molar-refractivity contribution in [2.45, 2.75) is 26.0 Å². The van der Waals surface area contributed by atoms with E-state index in [9.17, 15) is 10.1 Å². The van der Waals surface area contributed by atoms with Crippen LogP contribution in [0.2, 0.25) is 0 Å². The van der Waals surface area contributed by atoms with Crippen molar-refractivity contribution in [2.75, 3.05) is 5.73 Å². The van der Waals surface area contributed by atoms with Crippen LogP contribution in [-0.4, -0.2) is 4.92 Å². The maximum Gasteiger partial charge on any atom is 0.292 e. The Morgan fingerprint density at radius 3 is 2.64 bits per heavy atom. The fraction of sp³-hybridized carbons (Fsp3) is 0.400. The molecule has 0 aliphatic rings. The van der Waals surface area contributed by atoms with Crippen LogP contribution < -0.4 is 5.73 Å². The normalized spacial score (nSPS) is 23.6. The van der Waals surface area contributed by atoms with Crippen molar-refractivity contribution in [1.29, 1.82) is 0 Å². The van der Waals surface area contributed by atoms with Crippen molar-refractivity contribution < 1.29 is 17.3 Å². The Morgan fingerprint density at radius 1 is 1.50 bits per heavy atom. The molecule has 0 spiro atoms. The van der Waals surface area contributed by atoms with Gasteiger partial charge in [0.2, 0.25) is 0 Å². The molecule has 0 fully saturated rings. The van der Waals surface area contributed by atoms with Crippen LogP contribution in [0.25, 0.3) is 0 Å². The number of nitrogen functional groups attached to an aromatic ring is 1. The molecule has 0 saturated heterocycles. The van der Waals surface area contributed by atoms with Crippen molar-refractivity contribution in [3.05, 3.63) is 33.9 Å². The Bertz CT molecular complexity index is 582. The summed E-state index contributed by atoms with van der Waals surface area (Å²) in [6.07, 6.45) is 0.